The van der Waals surface area contributed by atoms with Gasteiger partial charge in [-0.2, -0.15) is 5.10 Å². The Labute approximate surface area is 88.3 Å². The van der Waals surface area contributed by atoms with Crippen LogP contribution in [0.2, 0.25) is 0 Å². The van der Waals surface area contributed by atoms with Gasteiger partial charge in [0.25, 0.3) is 0 Å². The molecule has 0 aromatic carbocycles. The van der Waals surface area contributed by atoms with Gasteiger partial charge in [0.2, 0.25) is 5.91 Å². The molecule has 1 atom stereocenters. The Balaban J connectivity index is 2.08. The molecule has 1 aliphatic rings. The van der Waals surface area contributed by atoms with E-state index in [0.717, 1.165) is 25.2 Å². The molecule has 15 heavy (non-hydrogen) atoms. The fourth-order valence-electron chi connectivity index (χ4n) is 1.88. The van der Waals surface area contributed by atoms with E-state index in [1.165, 1.54) is 0 Å². The van der Waals surface area contributed by atoms with Gasteiger partial charge in [-0.25, -0.2) is 0 Å². The molecule has 0 spiro atoms. The summed E-state index contributed by atoms with van der Waals surface area (Å²) < 4.78 is 0. The van der Waals surface area contributed by atoms with Gasteiger partial charge in [-0.05, 0) is 25.0 Å². The van der Waals surface area contributed by atoms with Crippen LogP contribution in [-0.2, 0) is 4.79 Å². The second kappa shape index (κ2) is 4.25. The maximum absolute atomic E-state index is 11.1. The second-order valence-electron chi connectivity index (χ2n) is 3.77. The van der Waals surface area contributed by atoms with Crippen LogP contribution < -0.4 is 10.6 Å². The minimum Gasteiger partial charge on any atom is -0.369 e. The molecule has 0 aliphatic carbocycles. The molecule has 2 heterocycles. The third-order valence-corrected chi connectivity index (χ3v) is 2.71. The van der Waals surface area contributed by atoms with Crippen molar-refractivity contribution in [2.24, 2.45) is 11.7 Å². The van der Waals surface area contributed by atoms with Gasteiger partial charge in [0.15, 0.2) is 5.82 Å². The van der Waals surface area contributed by atoms with E-state index >= 15 is 0 Å². The maximum atomic E-state index is 11.1. The van der Waals surface area contributed by atoms with Crippen molar-refractivity contribution in [2.45, 2.75) is 12.8 Å². The molecule has 1 amide bonds. The van der Waals surface area contributed by atoms with E-state index in [1.807, 2.05) is 12.1 Å². The molecule has 1 aliphatic heterocycles. The van der Waals surface area contributed by atoms with E-state index in [-0.39, 0.29) is 11.8 Å². The molecule has 5 heteroatoms. The molecule has 0 radical (unpaired) electrons. The molecular formula is C10H14N4O. The largest absolute Gasteiger partial charge is 0.369 e. The zero-order valence-electron chi connectivity index (χ0n) is 8.47. The van der Waals surface area contributed by atoms with Gasteiger partial charge >= 0.3 is 0 Å². The van der Waals surface area contributed by atoms with E-state index in [2.05, 4.69) is 15.1 Å². The maximum Gasteiger partial charge on any atom is 0.222 e. The number of carbonyl (C=O) groups excluding carboxylic acids is 1. The zero-order valence-corrected chi connectivity index (χ0v) is 8.47. The molecule has 2 N–H and O–H groups in total. The lowest BCUT2D eigenvalue weighted by Crippen LogP contribution is -2.41. The highest BCUT2D eigenvalue weighted by Crippen LogP contribution is 2.20. The van der Waals surface area contributed by atoms with E-state index in [1.54, 1.807) is 6.20 Å². The third kappa shape index (κ3) is 2.23. The Morgan fingerprint density at radius 2 is 2.47 bits per heavy atom. The molecule has 0 bridgehead atoms. The van der Waals surface area contributed by atoms with Gasteiger partial charge in [0.05, 0.1) is 5.92 Å². The van der Waals surface area contributed by atoms with Crippen LogP contribution in [0.5, 0.6) is 0 Å². The lowest BCUT2D eigenvalue weighted by molar-refractivity contribution is -0.122. The van der Waals surface area contributed by atoms with Crippen molar-refractivity contribution < 1.29 is 4.79 Å². The number of amides is 1. The van der Waals surface area contributed by atoms with E-state index in [9.17, 15) is 4.79 Å². The Kier molecular flexibility index (Phi) is 2.80. The van der Waals surface area contributed by atoms with Gasteiger partial charge in [0, 0.05) is 19.3 Å². The standard InChI is InChI=1S/C10H14N4O/c11-10(15)8-3-2-6-14(7-8)9-4-1-5-12-13-9/h1,4-5,8H,2-3,6-7H2,(H2,11,15)/t8-/m1/s1. The molecule has 80 valence electrons. The monoisotopic (exact) mass is 206 g/mol. The summed E-state index contributed by atoms with van der Waals surface area (Å²) in [6.07, 6.45) is 3.50. The van der Waals surface area contributed by atoms with Crippen molar-refractivity contribution in [1.82, 2.24) is 10.2 Å². The number of hydrogen-bond donors (Lipinski definition) is 1. The van der Waals surface area contributed by atoms with Gasteiger partial charge in [-0.1, -0.05) is 0 Å². The Bertz CT molecular complexity index is 341. The predicted octanol–water partition coefficient (Wildman–Crippen LogP) is 0.178. The van der Waals surface area contributed by atoms with Crippen LogP contribution in [0.1, 0.15) is 12.8 Å². The van der Waals surface area contributed by atoms with Crippen molar-refractivity contribution in [2.75, 3.05) is 18.0 Å². The number of carbonyl (C=O) groups is 1. The highest BCUT2D eigenvalue weighted by Gasteiger charge is 2.24. The van der Waals surface area contributed by atoms with Crippen molar-refractivity contribution in [1.29, 1.82) is 0 Å². The molecule has 1 saturated heterocycles. The quantitative estimate of drug-likeness (QED) is 0.749. The number of rotatable bonds is 2. The summed E-state index contributed by atoms with van der Waals surface area (Å²) in [7, 11) is 0. The smallest absolute Gasteiger partial charge is 0.222 e. The number of piperidine rings is 1. The average molecular weight is 206 g/mol. The first-order valence-electron chi connectivity index (χ1n) is 5.09. The summed E-state index contributed by atoms with van der Waals surface area (Å²) in [4.78, 5) is 13.2. The highest BCUT2D eigenvalue weighted by molar-refractivity contribution is 5.77. The Morgan fingerprint density at radius 3 is 3.13 bits per heavy atom. The molecule has 0 unspecified atom stereocenters. The number of primary amides is 1. The fourth-order valence-corrected chi connectivity index (χ4v) is 1.88. The van der Waals surface area contributed by atoms with E-state index < -0.39 is 0 Å². The van der Waals surface area contributed by atoms with Crippen molar-refractivity contribution in [3.8, 4) is 0 Å². The number of nitrogens with two attached hydrogens (primary N) is 1. The minimum atomic E-state index is -0.219. The van der Waals surface area contributed by atoms with Gasteiger partial charge in [0.1, 0.15) is 0 Å². The summed E-state index contributed by atoms with van der Waals surface area (Å²) in [5.41, 5.74) is 5.31. The van der Waals surface area contributed by atoms with Gasteiger partial charge < -0.3 is 10.6 Å². The first-order chi connectivity index (χ1) is 7.27. The summed E-state index contributed by atoms with van der Waals surface area (Å²) in [6, 6.07) is 3.74. The van der Waals surface area contributed by atoms with Crippen molar-refractivity contribution in [3.05, 3.63) is 18.3 Å². The van der Waals surface area contributed by atoms with Gasteiger partial charge in [-0.15, -0.1) is 5.10 Å². The number of anilines is 1. The molecule has 1 fully saturated rings. The molecule has 1 aromatic rings. The number of aromatic nitrogens is 2. The lowest BCUT2D eigenvalue weighted by atomic mass is 9.97. The summed E-state index contributed by atoms with van der Waals surface area (Å²) >= 11 is 0. The number of nitrogens with zero attached hydrogens (tertiary/aromatic N) is 3. The highest BCUT2D eigenvalue weighted by atomic mass is 16.1. The van der Waals surface area contributed by atoms with Crippen molar-refractivity contribution in [3.63, 3.8) is 0 Å². The molecular weight excluding hydrogens is 192 g/mol. The predicted molar refractivity (Wildman–Crippen MR) is 56.2 cm³/mol. The van der Waals surface area contributed by atoms with E-state index in [4.69, 9.17) is 5.73 Å². The summed E-state index contributed by atoms with van der Waals surface area (Å²) in [5, 5.41) is 7.84. The zero-order chi connectivity index (χ0) is 10.7. The topological polar surface area (TPSA) is 72.1 Å². The lowest BCUT2D eigenvalue weighted by Gasteiger charge is -2.31. The van der Waals surface area contributed by atoms with Crippen LogP contribution in [0.4, 0.5) is 5.82 Å². The normalized spacial score (nSPS) is 21.3. The first-order valence-corrected chi connectivity index (χ1v) is 5.09. The van der Waals surface area contributed by atoms with Crippen LogP contribution in [-0.4, -0.2) is 29.2 Å². The summed E-state index contributed by atoms with van der Waals surface area (Å²) in [5.74, 6) is 0.549. The molecule has 1 aromatic heterocycles. The van der Waals surface area contributed by atoms with Crippen LogP contribution >= 0.6 is 0 Å². The average Bonchev–Trinajstić information content (AvgIpc) is 2.30. The van der Waals surface area contributed by atoms with Crippen LogP contribution in [0.15, 0.2) is 18.3 Å². The Morgan fingerprint density at radius 1 is 1.60 bits per heavy atom. The molecule has 0 saturated carbocycles. The summed E-state index contributed by atoms with van der Waals surface area (Å²) in [6.45, 7) is 1.58. The second-order valence-corrected chi connectivity index (χ2v) is 3.77. The SMILES string of the molecule is NC(=O)[C@@H]1CCCN(c2cccnn2)C1. The third-order valence-electron chi connectivity index (χ3n) is 2.71. The van der Waals surface area contributed by atoms with Crippen LogP contribution in [0.25, 0.3) is 0 Å². The number of hydrogen-bond acceptors (Lipinski definition) is 4. The van der Waals surface area contributed by atoms with Crippen LogP contribution in [0, 0.1) is 5.92 Å². The van der Waals surface area contributed by atoms with Crippen LogP contribution in [0.3, 0.4) is 0 Å². The van der Waals surface area contributed by atoms with Crippen molar-refractivity contribution >= 4 is 11.7 Å². The first kappa shape index (κ1) is 9.89. The van der Waals surface area contributed by atoms with Gasteiger partial charge in [-0.3, -0.25) is 4.79 Å². The Hall–Kier alpha value is -1.65. The molecule has 5 nitrogen and oxygen atoms in total. The fraction of sp³-hybridized carbons (Fsp3) is 0.500. The minimum absolute atomic E-state index is 0.0549. The van der Waals surface area contributed by atoms with E-state index in [0.29, 0.717) is 6.54 Å². The molecule has 2 rings (SSSR count).